The van der Waals surface area contributed by atoms with E-state index in [0.29, 0.717) is 0 Å². The standard InChI is InChI=1S/C19H26N4OS.HI/c1-3-20-19(21-14-16-8-13-25-15-16)23-11-9-22(10-12-23)17-4-6-18(24-2)7-5-17;/h4-8,13,15H,3,9-12,14H2,1-2H3,(H,20,21);1H. The lowest BCUT2D eigenvalue weighted by molar-refractivity contribution is 0.372. The van der Waals surface area contributed by atoms with Gasteiger partial charge in [-0.15, -0.1) is 24.0 Å². The summed E-state index contributed by atoms with van der Waals surface area (Å²) in [5, 5.41) is 7.69. The number of methoxy groups -OCH3 is 1. The lowest BCUT2D eigenvalue weighted by Gasteiger charge is -2.37. The smallest absolute Gasteiger partial charge is 0.194 e. The van der Waals surface area contributed by atoms with E-state index in [1.165, 1.54) is 11.3 Å². The zero-order chi connectivity index (χ0) is 17.5. The fourth-order valence-corrected chi connectivity index (χ4v) is 3.60. The first-order valence-corrected chi connectivity index (χ1v) is 9.67. The van der Waals surface area contributed by atoms with E-state index in [2.05, 4.69) is 51.0 Å². The van der Waals surface area contributed by atoms with Crippen LogP contribution in [0.3, 0.4) is 0 Å². The molecule has 0 unspecified atom stereocenters. The van der Waals surface area contributed by atoms with Gasteiger partial charge in [0.2, 0.25) is 0 Å². The second-order valence-corrected chi connectivity index (χ2v) is 6.75. The maximum absolute atomic E-state index is 5.24. The molecule has 0 amide bonds. The van der Waals surface area contributed by atoms with Gasteiger partial charge in [-0.05, 0) is 53.6 Å². The van der Waals surface area contributed by atoms with Crippen molar-refractivity contribution in [2.75, 3.05) is 44.7 Å². The Morgan fingerprint density at radius 3 is 2.46 bits per heavy atom. The minimum absolute atomic E-state index is 0. The predicted octanol–water partition coefficient (Wildman–Crippen LogP) is 3.66. The molecule has 0 radical (unpaired) electrons. The maximum Gasteiger partial charge on any atom is 0.194 e. The molecule has 1 N–H and O–H groups in total. The maximum atomic E-state index is 5.24. The molecule has 26 heavy (non-hydrogen) atoms. The van der Waals surface area contributed by atoms with Gasteiger partial charge in [-0.1, -0.05) is 0 Å². The quantitative estimate of drug-likeness (QED) is 0.398. The fraction of sp³-hybridized carbons (Fsp3) is 0.421. The normalized spacial score (nSPS) is 14.8. The highest BCUT2D eigenvalue weighted by Gasteiger charge is 2.19. The van der Waals surface area contributed by atoms with Crippen molar-refractivity contribution in [3.63, 3.8) is 0 Å². The number of halogens is 1. The minimum Gasteiger partial charge on any atom is -0.497 e. The van der Waals surface area contributed by atoms with Gasteiger partial charge in [-0.2, -0.15) is 11.3 Å². The number of anilines is 1. The van der Waals surface area contributed by atoms with Crippen LogP contribution in [0.5, 0.6) is 5.75 Å². The Kier molecular flexibility index (Phi) is 8.50. The summed E-state index contributed by atoms with van der Waals surface area (Å²) in [6, 6.07) is 10.4. The Bertz CT molecular complexity index is 667. The van der Waals surface area contributed by atoms with Gasteiger partial charge in [-0.3, -0.25) is 0 Å². The van der Waals surface area contributed by atoms with Crippen LogP contribution in [0.2, 0.25) is 0 Å². The highest BCUT2D eigenvalue weighted by molar-refractivity contribution is 14.0. The molecule has 1 saturated heterocycles. The molecule has 1 aliphatic heterocycles. The Hall–Kier alpha value is -1.48. The third kappa shape index (κ3) is 5.51. The van der Waals surface area contributed by atoms with E-state index >= 15 is 0 Å². The number of hydrogen-bond donors (Lipinski definition) is 1. The number of thiophene rings is 1. The van der Waals surface area contributed by atoms with Crippen molar-refractivity contribution < 1.29 is 4.74 Å². The molecule has 2 heterocycles. The summed E-state index contributed by atoms with van der Waals surface area (Å²) in [5.41, 5.74) is 2.53. The Balaban J connectivity index is 0.00000243. The van der Waals surface area contributed by atoms with E-state index in [9.17, 15) is 0 Å². The molecule has 3 rings (SSSR count). The summed E-state index contributed by atoms with van der Waals surface area (Å²) in [7, 11) is 1.70. The number of benzene rings is 1. The van der Waals surface area contributed by atoms with E-state index in [-0.39, 0.29) is 24.0 Å². The van der Waals surface area contributed by atoms with Gasteiger partial charge in [-0.25, -0.2) is 4.99 Å². The molecule has 0 bridgehead atoms. The largest absolute Gasteiger partial charge is 0.497 e. The highest BCUT2D eigenvalue weighted by atomic mass is 127. The van der Waals surface area contributed by atoms with Crippen LogP contribution in [-0.4, -0.2) is 50.7 Å². The Morgan fingerprint density at radius 1 is 1.15 bits per heavy atom. The first kappa shape index (κ1) is 20.8. The molecule has 0 atom stereocenters. The average Bonchev–Trinajstić information content (AvgIpc) is 3.19. The molecule has 7 heteroatoms. The molecule has 5 nitrogen and oxygen atoms in total. The minimum atomic E-state index is 0. The molecule has 142 valence electrons. The van der Waals surface area contributed by atoms with E-state index in [1.807, 2.05) is 12.1 Å². The van der Waals surface area contributed by atoms with E-state index < -0.39 is 0 Å². The summed E-state index contributed by atoms with van der Waals surface area (Å²) in [4.78, 5) is 9.58. The topological polar surface area (TPSA) is 40.1 Å². The number of rotatable bonds is 5. The summed E-state index contributed by atoms with van der Waals surface area (Å²) in [6.07, 6.45) is 0. The number of ether oxygens (including phenoxy) is 1. The van der Waals surface area contributed by atoms with Crippen LogP contribution in [0.4, 0.5) is 5.69 Å². The van der Waals surface area contributed by atoms with Gasteiger partial charge in [0.1, 0.15) is 5.75 Å². The number of nitrogens with one attached hydrogen (secondary N) is 1. The molecular formula is C19H27IN4OS. The van der Waals surface area contributed by atoms with Gasteiger partial charge in [0.25, 0.3) is 0 Å². The molecule has 1 fully saturated rings. The first-order valence-electron chi connectivity index (χ1n) is 8.73. The monoisotopic (exact) mass is 486 g/mol. The van der Waals surface area contributed by atoms with Crippen LogP contribution in [0.1, 0.15) is 12.5 Å². The third-order valence-corrected chi connectivity index (χ3v) is 5.08. The van der Waals surface area contributed by atoms with Crippen LogP contribution >= 0.6 is 35.3 Å². The molecule has 0 saturated carbocycles. The zero-order valence-electron chi connectivity index (χ0n) is 15.4. The number of nitrogens with zero attached hydrogens (tertiary/aromatic N) is 3. The van der Waals surface area contributed by atoms with Crippen molar-refractivity contribution in [2.24, 2.45) is 4.99 Å². The number of hydrogen-bond acceptors (Lipinski definition) is 4. The van der Waals surface area contributed by atoms with Gasteiger partial charge in [0, 0.05) is 38.4 Å². The lowest BCUT2D eigenvalue weighted by Crippen LogP contribution is -2.52. The predicted molar refractivity (Wildman–Crippen MR) is 121 cm³/mol. The van der Waals surface area contributed by atoms with Crippen molar-refractivity contribution in [2.45, 2.75) is 13.5 Å². The molecular weight excluding hydrogens is 459 g/mol. The molecule has 1 aliphatic rings. The lowest BCUT2D eigenvalue weighted by atomic mass is 10.2. The van der Waals surface area contributed by atoms with Gasteiger partial charge in [0.05, 0.1) is 13.7 Å². The Morgan fingerprint density at radius 2 is 1.88 bits per heavy atom. The van der Waals surface area contributed by atoms with Crippen LogP contribution in [-0.2, 0) is 6.54 Å². The third-order valence-electron chi connectivity index (χ3n) is 4.34. The zero-order valence-corrected chi connectivity index (χ0v) is 18.5. The van der Waals surface area contributed by atoms with Crippen molar-refractivity contribution >= 4 is 47.0 Å². The summed E-state index contributed by atoms with van der Waals surface area (Å²) >= 11 is 1.72. The van der Waals surface area contributed by atoms with Crippen molar-refractivity contribution in [1.82, 2.24) is 10.2 Å². The highest BCUT2D eigenvalue weighted by Crippen LogP contribution is 2.20. The summed E-state index contributed by atoms with van der Waals surface area (Å²) in [6.45, 7) is 7.69. The molecule has 1 aromatic carbocycles. The number of aliphatic imine (C=N–C) groups is 1. The first-order chi connectivity index (χ1) is 12.3. The van der Waals surface area contributed by atoms with Crippen LogP contribution < -0.4 is 15.0 Å². The number of piperazine rings is 1. The summed E-state index contributed by atoms with van der Waals surface area (Å²) < 4.78 is 5.24. The van der Waals surface area contributed by atoms with E-state index in [1.54, 1.807) is 18.4 Å². The SMILES string of the molecule is CCNC(=NCc1ccsc1)N1CCN(c2ccc(OC)cc2)CC1.I. The average molecular weight is 486 g/mol. The second kappa shape index (κ2) is 10.6. The van der Waals surface area contributed by atoms with Crippen molar-refractivity contribution in [3.8, 4) is 5.75 Å². The van der Waals surface area contributed by atoms with Crippen molar-refractivity contribution in [3.05, 3.63) is 46.7 Å². The van der Waals surface area contributed by atoms with Gasteiger partial charge >= 0.3 is 0 Å². The van der Waals surface area contributed by atoms with Gasteiger partial charge < -0.3 is 19.9 Å². The van der Waals surface area contributed by atoms with Crippen molar-refractivity contribution in [1.29, 1.82) is 0 Å². The van der Waals surface area contributed by atoms with Crippen LogP contribution in [0, 0.1) is 0 Å². The summed E-state index contributed by atoms with van der Waals surface area (Å²) in [5.74, 6) is 1.92. The van der Waals surface area contributed by atoms with E-state index in [0.717, 1.165) is 51.0 Å². The molecule has 0 aliphatic carbocycles. The fourth-order valence-electron chi connectivity index (χ4n) is 2.94. The van der Waals surface area contributed by atoms with Crippen LogP contribution in [0.15, 0.2) is 46.1 Å². The molecule has 0 spiro atoms. The van der Waals surface area contributed by atoms with E-state index in [4.69, 9.17) is 9.73 Å². The van der Waals surface area contributed by atoms with Crippen LogP contribution in [0.25, 0.3) is 0 Å². The Labute approximate surface area is 177 Å². The number of guanidine groups is 1. The second-order valence-electron chi connectivity index (χ2n) is 5.97. The molecule has 1 aromatic heterocycles. The van der Waals surface area contributed by atoms with Gasteiger partial charge in [0.15, 0.2) is 5.96 Å². The molecule has 2 aromatic rings.